The van der Waals surface area contributed by atoms with Gasteiger partial charge in [-0.3, -0.25) is 9.59 Å². The van der Waals surface area contributed by atoms with E-state index < -0.39 is 0 Å². The van der Waals surface area contributed by atoms with Crippen LogP contribution in [-0.2, 0) is 4.79 Å². The number of anilines is 2. The van der Waals surface area contributed by atoms with E-state index in [2.05, 4.69) is 26.8 Å². The number of carbonyl (C=O) groups excluding carboxylic acids is 2. The van der Waals surface area contributed by atoms with Crippen molar-refractivity contribution in [2.24, 2.45) is 0 Å². The molecular weight excluding hydrogens is 396 g/mol. The lowest BCUT2D eigenvalue weighted by molar-refractivity contribution is -0.113. The number of nitrogens with zero attached hydrogens (tertiary/aromatic N) is 5. The number of hydrogen-bond acceptors (Lipinski definition) is 7. The van der Waals surface area contributed by atoms with Gasteiger partial charge in [-0.15, -0.1) is 0 Å². The van der Waals surface area contributed by atoms with E-state index in [1.54, 1.807) is 24.1 Å². The summed E-state index contributed by atoms with van der Waals surface area (Å²) in [6, 6.07) is 3.29. The third kappa shape index (κ3) is 4.62. The summed E-state index contributed by atoms with van der Waals surface area (Å²) in [6.07, 6.45) is 4.92. The van der Waals surface area contributed by atoms with Gasteiger partial charge in [0.1, 0.15) is 10.7 Å². The smallest absolute Gasteiger partial charge is 0.272 e. The fourth-order valence-corrected chi connectivity index (χ4v) is 3.11. The summed E-state index contributed by atoms with van der Waals surface area (Å²) in [5.74, 6) is 0.260. The fraction of sp³-hybridized carbons (Fsp3) is 0.316. The highest BCUT2D eigenvalue weighted by atomic mass is 35.5. The minimum atomic E-state index is -0.250. The standard InChI is InChI=1S/C19H21ClN6O3/c1-4-16(27)25(2)13-5-6-15(21-9-13)18(28)26-8-7-12(11-26)23-19-22-10-14(20)17(24-19)29-3/h4-6,9-10,12H,1,7-8,11H2,2-3H3,(H,22,23,24)/t12-/m1/s1. The number of methoxy groups -OCH3 is 1. The van der Waals surface area contributed by atoms with E-state index in [1.165, 1.54) is 30.5 Å². The number of amides is 2. The topological polar surface area (TPSA) is 101 Å². The van der Waals surface area contributed by atoms with Gasteiger partial charge in [0.2, 0.25) is 17.7 Å². The Labute approximate surface area is 173 Å². The van der Waals surface area contributed by atoms with E-state index in [0.29, 0.717) is 41.3 Å². The first-order chi connectivity index (χ1) is 13.9. The number of nitrogens with one attached hydrogen (secondary N) is 1. The molecule has 2 aromatic heterocycles. The first-order valence-electron chi connectivity index (χ1n) is 8.91. The second-order valence-corrected chi connectivity index (χ2v) is 6.84. The Hall–Kier alpha value is -3.20. The Balaban J connectivity index is 1.61. The second kappa shape index (κ2) is 8.87. The number of hydrogen-bond donors (Lipinski definition) is 1. The summed E-state index contributed by atoms with van der Waals surface area (Å²) in [7, 11) is 3.10. The Kier molecular flexibility index (Phi) is 6.28. The number of aromatic nitrogens is 3. The maximum Gasteiger partial charge on any atom is 0.272 e. The molecule has 0 unspecified atom stereocenters. The molecule has 0 aliphatic carbocycles. The first kappa shape index (κ1) is 20.5. The van der Waals surface area contributed by atoms with Gasteiger partial charge in [-0.25, -0.2) is 9.97 Å². The minimum absolute atomic E-state index is 0.000418. The maximum absolute atomic E-state index is 12.7. The van der Waals surface area contributed by atoms with Crippen molar-refractivity contribution < 1.29 is 14.3 Å². The maximum atomic E-state index is 12.7. The molecule has 2 aromatic rings. The quantitative estimate of drug-likeness (QED) is 0.719. The number of ether oxygens (including phenoxy) is 1. The second-order valence-electron chi connectivity index (χ2n) is 6.43. The summed E-state index contributed by atoms with van der Waals surface area (Å²) in [5.41, 5.74) is 0.902. The Morgan fingerprint density at radius 3 is 2.83 bits per heavy atom. The van der Waals surface area contributed by atoms with Crippen LogP contribution in [0.25, 0.3) is 0 Å². The zero-order valence-electron chi connectivity index (χ0n) is 16.1. The number of pyridine rings is 1. The normalized spacial score (nSPS) is 15.7. The average molecular weight is 417 g/mol. The highest BCUT2D eigenvalue weighted by Gasteiger charge is 2.28. The Morgan fingerprint density at radius 2 is 2.17 bits per heavy atom. The van der Waals surface area contributed by atoms with Crippen LogP contribution < -0.4 is 15.0 Å². The van der Waals surface area contributed by atoms with Crippen molar-refractivity contribution in [1.29, 1.82) is 0 Å². The molecule has 152 valence electrons. The molecule has 1 atom stereocenters. The average Bonchev–Trinajstić information content (AvgIpc) is 3.22. The van der Waals surface area contributed by atoms with E-state index in [9.17, 15) is 9.59 Å². The summed E-state index contributed by atoms with van der Waals surface area (Å²) < 4.78 is 5.09. The molecule has 3 rings (SSSR count). The molecule has 1 N–H and O–H groups in total. The lowest BCUT2D eigenvalue weighted by atomic mass is 10.2. The van der Waals surface area contributed by atoms with E-state index in [0.717, 1.165) is 6.42 Å². The van der Waals surface area contributed by atoms with Crippen LogP contribution in [0.15, 0.2) is 37.2 Å². The predicted molar refractivity (Wildman–Crippen MR) is 109 cm³/mol. The van der Waals surface area contributed by atoms with Crippen molar-refractivity contribution in [1.82, 2.24) is 19.9 Å². The minimum Gasteiger partial charge on any atom is -0.480 e. The molecule has 9 nitrogen and oxygen atoms in total. The van der Waals surface area contributed by atoms with Gasteiger partial charge in [-0.1, -0.05) is 18.2 Å². The van der Waals surface area contributed by atoms with Crippen LogP contribution in [0.2, 0.25) is 5.02 Å². The van der Waals surface area contributed by atoms with Crippen LogP contribution in [-0.4, -0.2) is 65.0 Å². The molecule has 3 heterocycles. The molecule has 1 aliphatic rings. The molecule has 1 aliphatic heterocycles. The first-order valence-corrected chi connectivity index (χ1v) is 9.29. The predicted octanol–water partition coefficient (Wildman–Crippen LogP) is 2.01. The number of rotatable bonds is 6. The van der Waals surface area contributed by atoms with Crippen molar-refractivity contribution in [3.8, 4) is 5.88 Å². The lowest BCUT2D eigenvalue weighted by Gasteiger charge is -2.18. The summed E-state index contributed by atoms with van der Waals surface area (Å²) in [4.78, 5) is 40.1. The monoisotopic (exact) mass is 416 g/mol. The molecule has 1 fully saturated rings. The number of halogens is 1. The van der Waals surface area contributed by atoms with Gasteiger partial charge in [0.15, 0.2) is 0 Å². The van der Waals surface area contributed by atoms with Crippen molar-refractivity contribution in [3.63, 3.8) is 0 Å². The van der Waals surface area contributed by atoms with Gasteiger partial charge >= 0.3 is 0 Å². The van der Waals surface area contributed by atoms with Gasteiger partial charge in [-0.05, 0) is 24.6 Å². The van der Waals surface area contributed by atoms with Crippen LogP contribution in [0.5, 0.6) is 5.88 Å². The van der Waals surface area contributed by atoms with E-state index >= 15 is 0 Å². The van der Waals surface area contributed by atoms with Gasteiger partial charge < -0.3 is 19.9 Å². The van der Waals surface area contributed by atoms with Crippen molar-refractivity contribution in [3.05, 3.63) is 47.9 Å². The summed E-state index contributed by atoms with van der Waals surface area (Å²) in [6.45, 7) is 4.53. The highest BCUT2D eigenvalue weighted by molar-refractivity contribution is 6.31. The van der Waals surface area contributed by atoms with Crippen LogP contribution in [0.3, 0.4) is 0 Å². The SMILES string of the molecule is C=CC(=O)N(C)c1ccc(C(=O)N2CC[C@@H](Nc3ncc(Cl)c(OC)n3)C2)nc1. The van der Waals surface area contributed by atoms with Gasteiger partial charge in [0.05, 0.1) is 25.2 Å². The Bertz CT molecular complexity index is 921. The van der Waals surface area contributed by atoms with E-state index in [1.807, 2.05) is 0 Å². The van der Waals surface area contributed by atoms with Gasteiger partial charge in [0, 0.05) is 26.2 Å². The number of carbonyl (C=O) groups is 2. The van der Waals surface area contributed by atoms with Crippen molar-refractivity contribution in [2.75, 3.05) is 37.5 Å². The summed E-state index contributed by atoms with van der Waals surface area (Å²) in [5, 5.41) is 3.52. The number of likely N-dealkylation sites (N-methyl/N-ethyl adjacent to an activating group) is 1. The molecule has 29 heavy (non-hydrogen) atoms. The van der Waals surface area contributed by atoms with Crippen molar-refractivity contribution in [2.45, 2.75) is 12.5 Å². The molecule has 10 heteroatoms. The highest BCUT2D eigenvalue weighted by Crippen LogP contribution is 2.23. The van der Waals surface area contributed by atoms with Crippen LogP contribution in [0.4, 0.5) is 11.6 Å². The van der Waals surface area contributed by atoms with E-state index in [-0.39, 0.29) is 17.9 Å². The van der Waals surface area contributed by atoms with Crippen LogP contribution in [0, 0.1) is 0 Å². The molecule has 1 saturated heterocycles. The van der Waals surface area contributed by atoms with Crippen LogP contribution in [0.1, 0.15) is 16.9 Å². The Morgan fingerprint density at radius 1 is 1.38 bits per heavy atom. The molecule has 0 radical (unpaired) electrons. The zero-order chi connectivity index (χ0) is 21.0. The molecule has 0 spiro atoms. The molecule has 2 amide bonds. The van der Waals surface area contributed by atoms with Crippen LogP contribution >= 0.6 is 11.6 Å². The molecule has 0 bridgehead atoms. The largest absolute Gasteiger partial charge is 0.480 e. The van der Waals surface area contributed by atoms with Gasteiger partial charge in [-0.2, -0.15) is 4.98 Å². The van der Waals surface area contributed by atoms with Gasteiger partial charge in [0.25, 0.3) is 5.91 Å². The number of likely N-dealkylation sites (tertiary alicyclic amines) is 1. The van der Waals surface area contributed by atoms with Crippen molar-refractivity contribution >= 4 is 35.1 Å². The fourth-order valence-electron chi connectivity index (χ4n) is 2.95. The zero-order valence-corrected chi connectivity index (χ0v) is 16.9. The molecular formula is C19H21ClN6O3. The third-order valence-corrected chi connectivity index (χ3v) is 4.83. The summed E-state index contributed by atoms with van der Waals surface area (Å²) >= 11 is 5.94. The third-order valence-electron chi connectivity index (χ3n) is 4.57. The van der Waals surface area contributed by atoms with E-state index in [4.69, 9.17) is 16.3 Å². The molecule has 0 saturated carbocycles. The molecule has 0 aromatic carbocycles. The lowest BCUT2D eigenvalue weighted by Crippen LogP contribution is -2.32.